The van der Waals surface area contributed by atoms with E-state index in [1.54, 1.807) is 0 Å². The first-order valence-corrected chi connectivity index (χ1v) is 6.45. The summed E-state index contributed by atoms with van der Waals surface area (Å²) in [5, 5.41) is 2.42. The van der Waals surface area contributed by atoms with Crippen LogP contribution >= 0.6 is 0 Å². The average molecular weight is 250 g/mol. The second-order valence-electron chi connectivity index (χ2n) is 4.63. The van der Waals surface area contributed by atoms with Crippen LogP contribution in [0.3, 0.4) is 0 Å². The van der Waals surface area contributed by atoms with Crippen molar-refractivity contribution in [3.8, 4) is 11.8 Å². The van der Waals surface area contributed by atoms with Gasteiger partial charge < -0.3 is 4.74 Å². The molecule has 0 aromatic heterocycles. The predicted octanol–water partition coefficient (Wildman–Crippen LogP) is 4.17. The van der Waals surface area contributed by atoms with Gasteiger partial charge in [-0.1, -0.05) is 59.9 Å². The van der Waals surface area contributed by atoms with Crippen LogP contribution in [0.15, 0.2) is 54.1 Å². The smallest absolute Gasteiger partial charge is 0.108 e. The number of benzene rings is 2. The molecule has 2 rings (SSSR count). The van der Waals surface area contributed by atoms with Gasteiger partial charge in [0.1, 0.15) is 6.61 Å². The van der Waals surface area contributed by atoms with Crippen molar-refractivity contribution in [2.75, 3.05) is 13.2 Å². The standard InChI is InChI=1S/C18H18O/c1-15(2)12-14-19-13-6-10-17-9-5-8-16-7-3-4-11-18(16)17/h3-5,7-9,11-12H,13-14H2,1-2H3. The Kier molecular flexibility index (Phi) is 4.78. The SMILES string of the molecule is CC(C)=CCOCC#Cc1cccc2ccccc12. The number of rotatable bonds is 3. The van der Waals surface area contributed by atoms with Gasteiger partial charge in [0, 0.05) is 5.56 Å². The summed E-state index contributed by atoms with van der Waals surface area (Å²) in [5.74, 6) is 6.25. The molecule has 0 N–H and O–H groups in total. The van der Waals surface area contributed by atoms with E-state index >= 15 is 0 Å². The van der Waals surface area contributed by atoms with Gasteiger partial charge in [-0.2, -0.15) is 0 Å². The lowest BCUT2D eigenvalue weighted by molar-refractivity contribution is 0.199. The highest BCUT2D eigenvalue weighted by atomic mass is 16.5. The molecule has 0 radical (unpaired) electrons. The van der Waals surface area contributed by atoms with E-state index in [-0.39, 0.29) is 0 Å². The van der Waals surface area contributed by atoms with Crippen LogP contribution < -0.4 is 0 Å². The van der Waals surface area contributed by atoms with E-state index in [1.807, 2.05) is 24.3 Å². The van der Waals surface area contributed by atoms with E-state index in [0.29, 0.717) is 13.2 Å². The van der Waals surface area contributed by atoms with Crippen molar-refractivity contribution in [3.63, 3.8) is 0 Å². The van der Waals surface area contributed by atoms with Gasteiger partial charge in [-0.25, -0.2) is 0 Å². The maximum Gasteiger partial charge on any atom is 0.108 e. The summed E-state index contributed by atoms with van der Waals surface area (Å²) in [7, 11) is 0. The number of ether oxygens (including phenoxy) is 1. The molecule has 0 spiro atoms. The van der Waals surface area contributed by atoms with Crippen LogP contribution in [0.25, 0.3) is 10.8 Å². The first-order valence-electron chi connectivity index (χ1n) is 6.45. The van der Waals surface area contributed by atoms with Gasteiger partial charge in [0.25, 0.3) is 0 Å². The van der Waals surface area contributed by atoms with Crippen molar-refractivity contribution in [1.29, 1.82) is 0 Å². The summed E-state index contributed by atoms with van der Waals surface area (Å²) in [4.78, 5) is 0. The molecule has 0 atom stereocenters. The fraction of sp³-hybridized carbons (Fsp3) is 0.222. The van der Waals surface area contributed by atoms with Crippen LogP contribution in [0.4, 0.5) is 0 Å². The van der Waals surface area contributed by atoms with E-state index in [0.717, 1.165) is 5.56 Å². The molecule has 2 aromatic rings. The zero-order valence-electron chi connectivity index (χ0n) is 11.4. The molecule has 0 aliphatic heterocycles. The van der Waals surface area contributed by atoms with Gasteiger partial charge in [-0.3, -0.25) is 0 Å². The summed E-state index contributed by atoms with van der Waals surface area (Å²) < 4.78 is 5.43. The molecule has 1 heteroatoms. The number of hydrogen-bond acceptors (Lipinski definition) is 1. The van der Waals surface area contributed by atoms with Crippen LogP contribution in [0.1, 0.15) is 19.4 Å². The molecule has 96 valence electrons. The van der Waals surface area contributed by atoms with Crippen molar-refractivity contribution in [3.05, 3.63) is 59.7 Å². The van der Waals surface area contributed by atoms with Crippen LogP contribution in [-0.2, 0) is 4.74 Å². The van der Waals surface area contributed by atoms with E-state index in [2.05, 4.69) is 50.0 Å². The predicted molar refractivity (Wildman–Crippen MR) is 81.1 cm³/mol. The molecular weight excluding hydrogens is 232 g/mol. The van der Waals surface area contributed by atoms with Crippen LogP contribution in [-0.4, -0.2) is 13.2 Å². The minimum atomic E-state index is 0.465. The van der Waals surface area contributed by atoms with Gasteiger partial charge in [0.05, 0.1) is 6.61 Å². The molecule has 0 saturated heterocycles. The molecule has 0 bridgehead atoms. The van der Waals surface area contributed by atoms with Crippen LogP contribution in [0, 0.1) is 11.8 Å². The van der Waals surface area contributed by atoms with Crippen molar-refractivity contribution in [2.45, 2.75) is 13.8 Å². The van der Waals surface area contributed by atoms with E-state index < -0.39 is 0 Å². The normalized spacial score (nSPS) is 9.79. The Bertz CT molecular complexity index is 632. The van der Waals surface area contributed by atoms with E-state index in [4.69, 9.17) is 4.74 Å². The maximum absolute atomic E-state index is 5.43. The first-order chi connectivity index (χ1) is 9.27. The Balaban J connectivity index is 2.04. The lowest BCUT2D eigenvalue weighted by Gasteiger charge is -1.99. The maximum atomic E-state index is 5.43. The Labute approximate surface area is 114 Å². The number of fused-ring (bicyclic) bond motifs is 1. The zero-order chi connectivity index (χ0) is 13.5. The minimum Gasteiger partial charge on any atom is -0.365 e. The Morgan fingerprint density at radius 1 is 1.11 bits per heavy atom. The molecule has 2 aromatic carbocycles. The fourth-order valence-corrected chi connectivity index (χ4v) is 1.80. The third kappa shape index (κ3) is 3.98. The minimum absolute atomic E-state index is 0.465. The van der Waals surface area contributed by atoms with Crippen molar-refractivity contribution in [2.24, 2.45) is 0 Å². The third-order valence-corrected chi connectivity index (χ3v) is 2.80. The highest BCUT2D eigenvalue weighted by Crippen LogP contribution is 2.17. The number of allylic oxidation sites excluding steroid dienone is 1. The quantitative estimate of drug-likeness (QED) is 0.451. The second-order valence-corrected chi connectivity index (χ2v) is 4.63. The Morgan fingerprint density at radius 2 is 1.89 bits per heavy atom. The molecule has 0 saturated carbocycles. The largest absolute Gasteiger partial charge is 0.365 e. The first kappa shape index (κ1) is 13.4. The Hall–Kier alpha value is -2.04. The lowest BCUT2D eigenvalue weighted by Crippen LogP contribution is -1.91. The molecule has 0 aliphatic rings. The van der Waals surface area contributed by atoms with Crippen LogP contribution in [0.5, 0.6) is 0 Å². The highest BCUT2D eigenvalue weighted by molar-refractivity contribution is 5.88. The van der Waals surface area contributed by atoms with Gasteiger partial charge in [0.15, 0.2) is 0 Å². The van der Waals surface area contributed by atoms with Crippen molar-refractivity contribution < 1.29 is 4.74 Å². The van der Waals surface area contributed by atoms with Gasteiger partial charge in [-0.05, 0) is 30.7 Å². The topological polar surface area (TPSA) is 9.23 Å². The molecule has 0 unspecified atom stereocenters. The van der Waals surface area contributed by atoms with E-state index in [1.165, 1.54) is 16.3 Å². The summed E-state index contributed by atoms with van der Waals surface area (Å²) >= 11 is 0. The van der Waals surface area contributed by atoms with Crippen LogP contribution in [0.2, 0.25) is 0 Å². The molecule has 0 amide bonds. The molecule has 0 heterocycles. The summed E-state index contributed by atoms with van der Waals surface area (Å²) in [6.45, 7) is 5.22. The Morgan fingerprint density at radius 3 is 2.74 bits per heavy atom. The van der Waals surface area contributed by atoms with E-state index in [9.17, 15) is 0 Å². The van der Waals surface area contributed by atoms with Gasteiger partial charge >= 0.3 is 0 Å². The second kappa shape index (κ2) is 6.78. The third-order valence-electron chi connectivity index (χ3n) is 2.80. The summed E-state index contributed by atoms with van der Waals surface area (Å²) in [6.07, 6.45) is 2.06. The van der Waals surface area contributed by atoms with Crippen molar-refractivity contribution >= 4 is 10.8 Å². The van der Waals surface area contributed by atoms with Gasteiger partial charge in [0.2, 0.25) is 0 Å². The van der Waals surface area contributed by atoms with Gasteiger partial charge in [-0.15, -0.1) is 0 Å². The zero-order valence-corrected chi connectivity index (χ0v) is 11.4. The summed E-state index contributed by atoms with van der Waals surface area (Å²) in [6, 6.07) is 14.5. The summed E-state index contributed by atoms with van der Waals surface area (Å²) in [5.41, 5.74) is 2.32. The average Bonchev–Trinajstić information content (AvgIpc) is 2.42. The molecule has 1 nitrogen and oxygen atoms in total. The molecule has 19 heavy (non-hydrogen) atoms. The molecule has 0 aliphatic carbocycles. The van der Waals surface area contributed by atoms with Crippen molar-refractivity contribution in [1.82, 2.24) is 0 Å². The number of hydrogen-bond donors (Lipinski definition) is 0. The molecule has 0 fully saturated rings. The fourth-order valence-electron chi connectivity index (χ4n) is 1.80. The monoisotopic (exact) mass is 250 g/mol. The lowest BCUT2D eigenvalue weighted by atomic mass is 10.1. The highest BCUT2D eigenvalue weighted by Gasteiger charge is 1.95. The molecular formula is C18H18O.